The zero-order valence-electron chi connectivity index (χ0n) is 8.87. The third-order valence-electron chi connectivity index (χ3n) is 2.98. The Labute approximate surface area is 99.4 Å². The van der Waals surface area contributed by atoms with E-state index in [1.54, 1.807) is 24.3 Å². The molecule has 1 aliphatic carbocycles. The predicted octanol–water partition coefficient (Wildman–Crippen LogP) is 2.58. The number of carbonyl (C=O) groups is 1. The molecule has 86 valence electrons. The molecule has 1 aromatic carbocycles. The normalized spacial score (nSPS) is 18.4. The zero-order chi connectivity index (χ0) is 11.6. The van der Waals surface area contributed by atoms with Gasteiger partial charge in [0.2, 0.25) is 0 Å². The van der Waals surface area contributed by atoms with E-state index in [2.05, 4.69) is 5.32 Å². The van der Waals surface area contributed by atoms with Gasteiger partial charge in [0.25, 0.3) is 5.91 Å². The first-order chi connectivity index (χ1) is 7.62. The highest BCUT2D eigenvalue weighted by atomic mass is 35.5. The van der Waals surface area contributed by atoms with E-state index in [4.69, 9.17) is 11.6 Å². The second-order valence-corrected chi connectivity index (χ2v) is 4.58. The van der Waals surface area contributed by atoms with Gasteiger partial charge in [-0.1, -0.05) is 23.7 Å². The van der Waals surface area contributed by atoms with Gasteiger partial charge >= 0.3 is 0 Å². The molecule has 4 heteroatoms. The Kier molecular flexibility index (Phi) is 3.17. The van der Waals surface area contributed by atoms with E-state index < -0.39 is 5.60 Å². The zero-order valence-corrected chi connectivity index (χ0v) is 9.63. The second kappa shape index (κ2) is 4.44. The summed E-state index contributed by atoms with van der Waals surface area (Å²) >= 11 is 5.92. The largest absolute Gasteiger partial charge is 0.380 e. The number of aliphatic hydroxyl groups is 1. The molecule has 1 aromatic rings. The molecule has 0 heterocycles. The van der Waals surface area contributed by atoms with Crippen LogP contribution in [0.25, 0.3) is 0 Å². The average Bonchev–Trinajstić information content (AvgIpc) is 2.70. The van der Waals surface area contributed by atoms with Gasteiger partial charge in [-0.3, -0.25) is 4.79 Å². The van der Waals surface area contributed by atoms with Crippen molar-refractivity contribution in [2.75, 3.05) is 5.32 Å². The van der Waals surface area contributed by atoms with Gasteiger partial charge in [-0.15, -0.1) is 0 Å². The van der Waals surface area contributed by atoms with Crippen LogP contribution in [0.1, 0.15) is 25.7 Å². The van der Waals surface area contributed by atoms with Gasteiger partial charge in [0, 0.05) is 0 Å². The van der Waals surface area contributed by atoms with Crippen LogP contribution in [0, 0.1) is 0 Å². The molecule has 0 saturated heterocycles. The smallest absolute Gasteiger partial charge is 0.256 e. The maximum Gasteiger partial charge on any atom is 0.256 e. The lowest BCUT2D eigenvalue weighted by Crippen LogP contribution is -2.40. The van der Waals surface area contributed by atoms with Crippen LogP contribution in [0.3, 0.4) is 0 Å². The van der Waals surface area contributed by atoms with Crippen molar-refractivity contribution in [3.8, 4) is 0 Å². The van der Waals surface area contributed by atoms with Gasteiger partial charge in [-0.05, 0) is 37.8 Å². The summed E-state index contributed by atoms with van der Waals surface area (Å²) in [6.07, 6.45) is 2.85. The molecule has 2 rings (SSSR count). The molecule has 0 spiro atoms. The topological polar surface area (TPSA) is 49.3 Å². The molecule has 1 amide bonds. The van der Waals surface area contributed by atoms with Crippen molar-refractivity contribution >= 4 is 23.2 Å². The van der Waals surface area contributed by atoms with Gasteiger partial charge in [-0.2, -0.15) is 0 Å². The van der Waals surface area contributed by atoms with Crippen molar-refractivity contribution in [3.63, 3.8) is 0 Å². The molecule has 0 aromatic heterocycles. The van der Waals surface area contributed by atoms with Crippen LogP contribution in [-0.2, 0) is 4.79 Å². The number of amides is 1. The predicted molar refractivity (Wildman–Crippen MR) is 63.5 cm³/mol. The molecule has 16 heavy (non-hydrogen) atoms. The molecular formula is C12H14ClNO2. The highest BCUT2D eigenvalue weighted by Crippen LogP contribution is 2.31. The number of carbonyl (C=O) groups excluding carboxylic acids is 1. The minimum Gasteiger partial charge on any atom is -0.380 e. The van der Waals surface area contributed by atoms with Crippen LogP contribution in [-0.4, -0.2) is 16.6 Å². The first-order valence-corrected chi connectivity index (χ1v) is 5.78. The summed E-state index contributed by atoms with van der Waals surface area (Å²) in [5.41, 5.74) is -0.659. The Bertz CT molecular complexity index is 400. The van der Waals surface area contributed by atoms with Crippen LogP contribution >= 0.6 is 11.6 Å². The lowest BCUT2D eigenvalue weighted by Gasteiger charge is -2.21. The Morgan fingerprint density at radius 2 is 1.94 bits per heavy atom. The second-order valence-electron chi connectivity index (χ2n) is 4.17. The van der Waals surface area contributed by atoms with Crippen LogP contribution < -0.4 is 5.32 Å². The highest BCUT2D eigenvalue weighted by molar-refractivity contribution is 6.33. The summed E-state index contributed by atoms with van der Waals surface area (Å²) < 4.78 is 0. The van der Waals surface area contributed by atoms with Crippen LogP contribution in [0.2, 0.25) is 5.02 Å². The molecule has 0 atom stereocenters. The van der Waals surface area contributed by atoms with Crippen molar-refractivity contribution in [3.05, 3.63) is 29.3 Å². The first kappa shape index (κ1) is 11.4. The van der Waals surface area contributed by atoms with Crippen LogP contribution in [0.15, 0.2) is 24.3 Å². The van der Waals surface area contributed by atoms with E-state index in [0.717, 1.165) is 12.8 Å². The average molecular weight is 240 g/mol. The molecular weight excluding hydrogens is 226 g/mol. The number of benzene rings is 1. The summed E-state index contributed by atoms with van der Waals surface area (Å²) in [5.74, 6) is -0.349. The molecule has 2 N–H and O–H groups in total. The molecule has 1 saturated carbocycles. The molecule has 0 aliphatic heterocycles. The Hall–Kier alpha value is -1.06. The number of anilines is 1. The number of rotatable bonds is 2. The molecule has 1 aliphatic rings. The van der Waals surface area contributed by atoms with E-state index in [1.807, 2.05) is 0 Å². The molecule has 0 radical (unpaired) electrons. The first-order valence-electron chi connectivity index (χ1n) is 5.40. The fourth-order valence-corrected chi connectivity index (χ4v) is 2.17. The number of hydrogen-bond acceptors (Lipinski definition) is 2. The molecule has 3 nitrogen and oxygen atoms in total. The van der Waals surface area contributed by atoms with E-state index in [1.165, 1.54) is 0 Å². The number of hydrogen-bond donors (Lipinski definition) is 2. The fourth-order valence-electron chi connectivity index (χ4n) is 1.99. The maximum atomic E-state index is 11.9. The van der Waals surface area contributed by atoms with E-state index in [-0.39, 0.29) is 5.91 Å². The minimum atomic E-state index is -1.21. The van der Waals surface area contributed by atoms with Crippen molar-refractivity contribution in [2.45, 2.75) is 31.3 Å². The van der Waals surface area contributed by atoms with Crippen molar-refractivity contribution < 1.29 is 9.90 Å². The molecule has 0 bridgehead atoms. The standard InChI is InChI=1S/C12H14ClNO2/c13-9-5-1-2-6-10(9)14-11(15)12(16)7-3-4-8-12/h1-2,5-6,16H,3-4,7-8H2,(H,14,15). The van der Waals surface area contributed by atoms with Crippen molar-refractivity contribution in [2.24, 2.45) is 0 Å². The van der Waals surface area contributed by atoms with Gasteiger partial charge in [-0.25, -0.2) is 0 Å². The maximum absolute atomic E-state index is 11.9. The molecule has 0 unspecified atom stereocenters. The molecule has 1 fully saturated rings. The van der Waals surface area contributed by atoms with Crippen molar-refractivity contribution in [1.82, 2.24) is 0 Å². The highest BCUT2D eigenvalue weighted by Gasteiger charge is 2.38. The SMILES string of the molecule is O=C(Nc1ccccc1Cl)C1(O)CCCC1. The van der Waals surface area contributed by atoms with Gasteiger partial charge in [0.1, 0.15) is 5.60 Å². The summed E-state index contributed by atoms with van der Waals surface area (Å²) in [6, 6.07) is 7.01. The van der Waals surface area contributed by atoms with Gasteiger partial charge in [0.05, 0.1) is 10.7 Å². The van der Waals surface area contributed by atoms with Crippen LogP contribution in [0.5, 0.6) is 0 Å². The lowest BCUT2D eigenvalue weighted by molar-refractivity contribution is -0.133. The van der Waals surface area contributed by atoms with E-state index >= 15 is 0 Å². The van der Waals surface area contributed by atoms with Gasteiger partial charge < -0.3 is 10.4 Å². The van der Waals surface area contributed by atoms with E-state index in [9.17, 15) is 9.90 Å². The summed E-state index contributed by atoms with van der Waals surface area (Å²) in [7, 11) is 0. The summed E-state index contributed by atoms with van der Waals surface area (Å²) in [4.78, 5) is 11.9. The Morgan fingerprint density at radius 1 is 1.31 bits per heavy atom. The van der Waals surface area contributed by atoms with Crippen LogP contribution in [0.4, 0.5) is 5.69 Å². The quantitative estimate of drug-likeness (QED) is 0.834. The third-order valence-corrected chi connectivity index (χ3v) is 3.31. The Morgan fingerprint density at radius 3 is 2.56 bits per heavy atom. The third kappa shape index (κ3) is 2.20. The monoisotopic (exact) mass is 239 g/mol. The summed E-state index contributed by atoms with van der Waals surface area (Å²) in [6.45, 7) is 0. The fraction of sp³-hybridized carbons (Fsp3) is 0.417. The van der Waals surface area contributed by atoms with Crippen molar-refractivity contribution in [1.29, 1.82) is 0 Å². The van der Waals surface area contributed by atoms with Gasteiger partial charge in [0.15, 0.2) is 0 Å². The lowest BCUT2D eigenvalue weighted by atomic mass is 10.0. The number of para-hydroxylation sites is 1. The Balaban J connectivity index is 2.10. The number of halogens is 1. The minimum absolute atomic E-state index is 0.349. The summed E-state index contributed by atoms with van der Waals surface area (Å²) in [5, 5.41) is 13.2. The van der Waals surface area contributed by atoms with E-state index in [0.29, 0.717) is 23.6 Å². The number of nitrogens with one attached hydrogen (secondary N) is 1.